The van der Waals surface area contributed by atoms with E-state index in [0.29, 0.717) is 12.8 Å². The Morgan fingerprint density at radius 3 is 3.07 bits per heavy atom. The van der Waals surface area contributed by atoms with E-state index in [4.69, 9.17) is 0 Å². The zero-order chi connectivity index (χ0) is 10.7. The summed E-state index contributed by atoms with van der Waals surface area (Å²) in [6, 6.07) is 5.65. The van der Waals surface area contributed by atoms with Gasteiger partial charge in [-0.2, -0.15) is 4.91 Å². The average molecular weight is 204 g/mol. The summed E-state index contributed by atoms with van der Waals surface area (Å²) in [6.07, 6.45) is 2.96. The normalized spacial score (nSPS) is 19.1. The molecule has 0 spiro atoms. The van der Waals surface area contributed by atoms with Crippen molar-refractivity contribution >= 4 is 12.1 Å². The van der Waals surface area contributed by atoms with Crippen molar-refractivity contribution in [2.75, 3.05) is 5.32 Å². The minimum Gasteiger partial charge on any atom is -0.328 e. The molecule has 1 atom stereocenters. The number of hydrogen-bond acceptors (Lipinski definition) is 3. The maximum absolute atomic E-state index is 10.5. The molecule has 0 aliphatic heterocycles. The standard InChI is InChI=1S/C11H12N2O2/c14-7-12-11-3-1-2-8-4-5-9(13-15)6-10(8)11/h1-3,7,9H,4-6H2,(H,12,14). The van der Waals surface area contributed by atoms with Gasteiger partial charge in [0.25, 0.3) is 0 Å². The first-order chi connectivity index (χ1) is 7.35. The second kappa shape index (κ2) is 4.21. The zero-order valence-electron chi connectivity index (χ0n) is 8.27. The van der Waals surface area contributed by atoms with Crippen LogP contribution in [0, 0.1) is 4.91 Å². The smallest absolute Gasteiger partial charge is 0.211 e. The van der Waals surface area contributed by atoms with Gasteiger partial charge in [-0.3, -0.25) is 4.79 Å². The van der Waals surface area contributed by atoms with Crippen LogP contribution in [-0.2, 0) is 17.6 Å². The number of anilines is 1. The molecule has 1 N–H and O–H groups in total. The summed E-state index contributed by atoms with van der Waals surface area (Å²) in [5, 5.41) is 5.74. The molecular formula is C11H12N2O2. The summed E-state index contributed by atoms with van der Waals surface area (Å²) in [4.78, 5) is 20.9. The Hall–Kier alpha value is -1.71. The Morgan fingerprint density at radius 1 is 1.47 bits per heavy atom. The van der Waals surface area contributed by atoms with E-state index in [1.165, 1.54) is 5.56 Å². The van der Waals surface area contributed by atoms with Crippen LogP contribution in [0.15, 0.2) is 23.4 Å². The van der Waals surface area contributed by atoms with E-state index in [0.717, 1.165) is 24.1 Å². The molecule has 1 aromatic rings. The van der Waals surface area contributed by atoms with Crippen molar-refractivity contribution in [3.63, 3.8) is 0 Å². The van der Waals surface area contributed by atoms with Crippen molar-refractivity contribution in [2.24, 2.45) is 5.18 Å². The van der Waals surface area contributed by atoms with Crippen molar-refractivity contribution in [1.82, 2.24) is 0 Å². The molecule has 1 aliphatic rings. The largest absolute Gasteiger partial charge is 0.328 e. The van der Waals surface area contributed by atoms with Gasteiger partial charge in [0, 0.05) is 12.1 Å². The molecule has 1 aliphatic carbocycles. The third-order valence-electron chi connectivity index (χ3n) is 2.82. The summed E-state index contributed by atoms with van der Waals surface area (Å²) in [7, 11) is 0. The molecule has 78 valence electrons. The maximum atomic E-state index is 10.5. The first-order valence-corrected chi connectivity index (χ1v) is 4.98. The summed E-state index contributed by atoms with van der Waals surface area (Å²) in [5.74, 6) is 0. The van der Waals surface area contributed by atoms with Gasteiger partial charge in [-0.25, -0.2) is 0 Å². The van der Waals surface area contributed by atoms with Crippen LogP contribution in [0.25, 0.3) is 0 Å². The minimum atomic E-state index is -0.146. The molecule has 1 amide bonds. The SMILES string of the molecule is O=CNc1cccc2c1CC(N=O)CC2. The van der Waals surface area contributed by atoms with Crippen LogP contribution in [0.4, 0.5) is 5.69 Å². The lowest BCUT2D eigenvalue weighted by Gasteiger charge is -2.21. The maximum Gasteiger partial charge on any atom is 0.211 e. The van der Waals surface area contributed by atoms with Crippen LogP contribution in [0.5, 0.6) is 0 Å². The average Bonchev–Trinajstić information content (AvgIpc) is 2.29. The Kier molecular flexibility index (Phi) is 2.76. The number of fused-ring (bicyclic) bond motifs is 1. The molecule has 0 saturated carbocycles. The Morgan fingerprint density at radius 2 is 2.33 bits per heavy atom. The van der Waals surface area contributed by atoms with Gasteiger partial charge < -0.3 is 5.32 Å². The number of carbonyl (C=O) groups excluding carboxylic acids is 1. The van der Waals surface area contributed by atoms with Crippen LogP contribution in [-0.4, -0.2) is 12.5 Å². The molecule has 2 rings (SSSR count). The molecule has 0 fully saturated rings. The number of benzene rings is 1. The molecular weight excluding hydrogens is 192 g/mol. The van der Waals surface area contributed by atoms with Crippen LogP contribution >= 0.6 is 0 Å². The van der Waals surface area contributed by atoms with Gasteiger partial charge in [0.15, 0.2) is 0 Å². The fourth-order valence-electron chi connectivity index (χ4n) is 2.06. The first kappa shape index (κ1) is 9.83. The van der Waals surface area contributed by atoms with Gasteiger partial charge >= 0.3 is 0 Å². The molecule has 4 heteroatoms. The Bertz CT molecular complexity index is 390. The van der Waals surface area contributed by atoms with E-state index in [-0.39, 0.29) is 6.04 Å². The van der Waals surface area contributed by atoms with Gasteiger partial charge in [-0.1, -0.05) is 17.3 Å². The fourth-order valence-corrected chi connectivity index (χ4v) is 2.06. The fraction of sp³-hybridized carbons (Fsp3) is 0.364. The quantitative estimate of drug-likeness (QED) is 0.603. The summed E-state index contributed by atoms with van der Waals surface area (Å²) < 4.78 is 0. The second-order valence-electron chi connectivity index (χ2n) is 3.71. The molecule has 4 nitrogen and oxygen atoms in total. The highest BCUT2D eigenvalue weighted by atomic mass is 16.3. The van der Waals surface area contributed by atoms with Crippen molar-refractivity contribution in [1.29, 1.82) is 0 Å². The molecule has 0 radical (unpaired) electrons. The van der Waals surface area contributed by atoms with Gasteiger partial charge in [0.1, 0.15) is 0 Å². The third kappa shape index (κ3) is 1.88. The highest BCUT2D eigenvalue weighted by Gasteiger charge is 2.21. The number of nitroso groups, excluding NO2 is 1. The van der Waals surface area contributed by atoms with Crippen molar-refractivity contribution < 1.29 is 4.79 Å². The number of nitrogens with zero attached hydrogens (tertiary/aromatic N) is 1. The molecule has 1 aromatic carbocycles. The molecule has 0 aromatic heterocycles. The lowest BCUT2D eigenvalue weighted by Crippen LogP contribution is -2.18. The topological polar surface area (TPSA) is 58.5 Å². The predicted octanol–water partition coefficient (Wildman–Crippen LogP) is 1.88. The highest BCUT2D eigenvalue weighted by Crippen LogP contribution is 2.28. The molecule has 0 saturated heterocycles. The number of amides is 1. The molecule has 0 heterocycles. The Balaban J connectivity index is 2.35. The van der Waals surface area contributed by atoms with Crippen LogP contribution < -0.4 is 5.32 Å². The number of aryl methyl sites for hydroxylation is 1. The van der Waals surface area contributed by atoms with Gasteiger partial charge in [-0.15, -0.1) is 0 Å². The minimum absolute atomic E-state index is 0.146. The van der Waals surface area contributed by atoms with E-state index >= 15 is 0 Å². The van der Waals surface area contributed by atoms with Gasteiger partial charge in [-0.05, 0) is 30.0 Å². The van der Waals surface area contributed by atoms with E-state index < -0.39 is 0 Å². The molecule has 1 unspecified atom stereocenters. The van der Waals surface area contributed by atoms with E-state index in [9.17, 15) is 9.70 Å². The summed E-state index contributed by atoms with van der Waals surface area (Å²) in [5.41, 5.74) is 3.07. The monoisotopic (exact) mass is 204 g/mol. The third-order valence-corrected chi connectivity index (χ3v) is 2.82. The van der Waals surface area contributed by atoms with Gasteiger partial charge in [0.2, 0.25) is 6.41 Å². The predicted molar refractivity (Wildman–Crippen MR) is 57.7 cm³/mol. The summed E-state index contributed by atoms with van der Waals surface area (Å²) in [6.45, 7) is 0. The Labute approximate surface area is 87.7 Å². The zero-order valence-corrected chi connectivity index (χ0v) is 8.27. The van der Waals surface area contributed by atoms with Crippen molar-refractivity contribution in [3.05, 3.63) is 34.2 Å². The number of nitrogens with one attached hydrogen (secondary N) is 1. The van der Waals surface area contributed by atoms with E-state index in [1.54, 1.807) is 0 Å². The summed E-state index contributed by atoms with van der Waals surface area (Å²) >= 11 is 0. The van der Waals surface area contributed by atoms with E-state index in [2.05, 4.69) is 10.5 Å². The van der Waals surface area contributed by atoms with E-state index in [1.807, 2.05) is 18.2 Å². The van der Waals surface area contributed by atoms with Crippen LogP contribution in [0.2, 0.25) is 0 Å². The lowest BCUT2D eigenvalue weighted by molar-refractivity contribution is -0.105. The lowest BCUT2D eigenvalue weighted by atomic mass is 9.87. The number of carbonyl (C=O) groups is 1. The van der Waals surface area contributed by atoms with Crippen LogP contribution in [0.1, 0.15) is 17.5 Å². The van der Waals surface area contributed by atoms with Gasteiger partial charge in [0.05, 0.1) is 6.04 Å². The van der Waals surface area contributed by atoms with Crippen molar-refractivity contribution in [3.8, 4) is 0 Å². The van der Waals surface area contributed by atoms with Crippen LogP contribution in [0.3, 0.4) is 0 Å². The molecule has 15 heavy (non-hydrogen) atoms. The second-order valence-corrected chi connectivity index (χ2v) is 3.71. The number of rotatable bonds is 3. The van der Waals surface area contributed by atoms with Crippen molar-refractivity contribution in [2.45, 2.75) is 25.3 Å². The molecule has 0 bridgehead atoms. The highest BCUT2D eigenvalue weighted by molar-refractivity contribution is 5.74. The first-order valence-electron chi connectivity index (χ1n) is 4.98. The number of hydrogen-bond donors (Lipinski definition) is 1.